The number of rotatable bonds is 7. The van der Waals surface area contributed by atoms with Crippen LogP contribution in [0.4, 0.5) is 0 Å². The molecular weight excluding hydrogens is 386 g/mol. The molecule has 6 heteroatoms. The van der Waals surface area contributed by atoms with Crippen LogP contribution in [0.2, 0.25) is 0 Å². The second kappa shape index (κ2) is 11.6. The van der Waals surface area contributed by atoms with Gasteiger partial charge in [-0.05, 0) is 43.5 Å². The predicted octanol–water partition coefficient (Wildman–Crippen LogP) is 3.34. The Morgan fingerprint density at radius 2 is 1.55 bits per heavy atom. The molecule has 156 valence electrons. The molecule has 3 rings (SSSR count). The van der Waals surface area contributed by atoms with E-state index in [1.807, 2.05) is 70.5 Å². The average Bonchev–Trinajstić information content (AvgIpc) is 2.77. The smallest absolute Gasteiger partial charge is 0.253 e. The van der Waals surface area contributed by atoms with Crippen LogP contribution in [0.1, 0.15) is 35.2 Å². The fraction of sp³-hybridized carbons (Fsp3) is 0.391. The largest absolute Gasteiger partial charge is 0.339 e. The lowest BCUT2D eigenvalue weighted by molar-refractivity contribution is -0.137. The molecule has 2 N–H and O–H groups in total. The van der Waals surface area contributed by atoms with Gasteiger partial charge in [0.25, 0.3) is 5.91 Å². The zero-order chi connectivity index (χ0) is 19.8. The Hall–Kier alpha value is -2.37. The van der Waals surface area contributed by atoms with Crippen molar-refractivity contribution in [3.63, 3.8) is 0 Å². The number of piperidine rings is 1. The number of hydrogen-bond acceptors (Lipinski definition) is 3. The van der Waals surface area contributed by atoms with E-state index < -0.39 is 0 Å². The maximum Gasteiger partial charge on any atom is 0.253 e. The third-order valence-electron chi connectivity index (χ3n) is 5.31. The maximum atomic E-state index is 13.1. The Morgan fingerprint density at radius 3 is 2.14 bits per heavy atom. The first kappa shape index (κ1) is 22.9. The Balaban J connectivity index is 0.00000300. The molecule has 0 bridgehead atoms. The molecule has 0 aromatic heterocycles. The summed E-state index contributed by atoms with van der Waals surface area (Å²) in [6.45, 7) is 3.11. The average molecular weight is 416 g/mol. The number of carbonyl (C=O) groups excluding carboxylic acids is 2. The summed E-state index contributed by atoms with van der Waals surface area (Å²) < 4.78 is 0. The van der Waals surface area contributed by atoms with Gasteiger partial charge in [-0.2, -0.15) is 0 Å². The Kier molecular flexibility index (Phi) is 9.16. The van der Waals surface area contributed by atoms with Crippen molar-refractivity contribution >= 4 is 24.2 Å². The highest BCUT2D eigenvalue weighted by atomic mass is 35.5. The van der Waals surface area contributed by atoms with Crippen LogP contribution in [-0.2, 0) is 11.3 Å². The molecule has 0 saturated carbocycles. The summed E-state index contributed by atoms with van der Waals surface area (Å²) in [5, 5.41) is 0. The molecule has 0 radical (unpaired) electrons. The molecule has 0 aliphatic carbocycles. The van der Waals surface area contributed by atoms with Gasteiger partial charge in [0.2, 0.25) is 5.91 Å². The van der Waals surface area contributed by atoms with E-state index in [1.165, 1.54) is 0 Å². The van der Waals surface area contributed by atoms with Crippen molar-refractivity contribution in [3.05, 3.63) is 71.8 Å². The van der Waals surface area contributed by atoms with Gasteiger partial charge in [0.15, 0.2) is 0 Å². The summed E-state index contributed by atoms with van der Waals surface area (Å²) in [6.07, 6.45) is 2.22. The summed E-state index contributed by atoms with van der Waals surface area (Å²) >= 11 is 0. The topological polar surface area (TPSA) is 66.6 Å². The molecule has 2 amide bonds. The standard InChI is InChI=1S/C23H29N3O2.ClH/c24-14-7-15-26(18-19-8-3-1-4-9-19)23(28)21-12-16-25(17-13-21)22(27)20-10-5-2-6-11-20;/h1-6,8-11,21H,7,12-18,24H2;1H. The number of likely N-dealkylation sites (tertiary alicyclic amines) is 1. The molecule has 29 heavy (non-hydrogen) atoms. The SMILES string of the molecule is Cl.NCCCN(Cc1ccccc1)C(=O)C1CCN(C(=O)c2ccccc2)CC1. The monoisotopic (exact) mass is 415 g/mol. The van der Waals surface area contributed by atoms with Crippen LogP contribution < -0.4 is 5.73 Å². The second-order valence-electron chi connectivity index (χ2n) is 7.32. The summed E-state index contributed by atoms with van der Waals surface area (Å²) in [4.78, 5) is 29.5. The van der Waals surface area contributed by atoms with Crippen LogP contribution in [-0.4, -0.2) is 47.8 Å². The van der Waals surface area contributed by atoms with Gasteiger partial charge in [-0.1, -0.05) is 48.5 Å². The fourth-order valence-electron chi connectivity index (χ4n) is 3.70. The second-order valence-corrected chi connectivity index (χ2v) is 7.32. The molecule has 1 fully saturated rings. The molecule has 0 atom stereocenters. The van der Waals surface area contributed by atoms with Crippen molar-refractivity contribution < 1.29 is 9.59 Å². The molecule has 1 heterocycles. The van der Waals surface area contributed by atoms with E-state index in [4.69, 9.17) is 5.73 Å². The maximum absolute atomic E-state index is 13.1. The van der Waals surface area contributed by atoms with Gasteiger partial charge in [-0.25, -0.2) is 0 Å². The van der Waals surface area contributed by atoms with Crippen molar-refractivity contribution in [1.29, 1.82) is 0 Å². The van der Waals surface area contributed by atoms with Gasteiger partial charge < -0.3 is 15.5 Å². The lowest BCUT2D eigenvalue weighted by Crippen LogP contribution is -2.44. The number of carbonyl (C=O) groups is 2. The lowest BCUT2D eigenvalue weighted by Gasteiger charge is -2.34. The van der Waals surface area contributed by atoms with Crippen molar-refractivity contribution in [2.75, 3.05) is 26.2 Å². The lowest BCUT2D eigenvalue weighted by atomic mass is 9.94. The number of halogens is 1. The minimum absolute atomic E-state index is 0. The molecular formula is C23H30ClN3O2. The van der Waals surface area contributed by atoms with Crippen molar-refractivity contribution in [2.24, 2.45) is 11.7 Å². The molecule has 1 saturated heterocycles. The first-order chi connectivity index (χ1) is 13.7. The number of benzene rings is 2. The van der Waals surface area contributed by atoms with Crippen molar-refractivity contribution in [3.8, 4) is 0 Å². The van der Waals surface area contributed by atoms with E-state index >= 15 is 0 Å². The van der Waals surface area contributed by atoms with E-state index in [0.29, 0.717) is 51.1 Å². The number of nitrogens with zero attached hydrogens (tertiary/aromatic N) is 2. The molecule has 0 unspecified atom stereocenters. The molecule has 2 aromatic rings. The van der Waals surface area contributed by atoms with E-state index in [-0.39, 0.29) is 30.1 Å². The minimum Gasteiger partial charge on any atom is -0.339 e. The summed E-state index contributed by atoms with van der Waals surface area (Å²) in [5.74, 6) is 0.209. The van der Waals surface area contributed by atoms with Crippen LogP contribution in [0.15, 0.2) is 60.7 Å². The van der Waals surface area contributed by atoms with E-state index in [2.05, 4.69) is 0 Å². The van der Waals surface area contributed by atoms with Crippen molar-refractivity contribution in [2.45, 2.75) is 25.8 Å². The first-order valence-electron chi connectivity index (χ1n) is 10.1. The molecule has 1 aliphatic rings. The van der Waals surface area contributed by atoms with Gasteiger partial charge in [0.1, 0.15) is 0 Å². The number of amides is 2. The summed E-state index contributed by atoms with van der Waals surface area (Å²) in [5.41, 5.74) is 7.51. The summed E-state index contributed by atoms with van der Waals surface area (Å²) in [7, 11) is 0. The fourth-order valence-corrected chi connectivity index (χ4v) is 3.70. The minimum atomic E-state index is -0.0266. The zero-order valence-electron chi connectivity index (χ0n) is 16.7. The van der Waals surface area contributed by atoms with Crippen LogP contribution in [0.25, 0.3) is 0 Å². The Labute approximate surface area is 179 Å². The van der Waals surface area contributed by atoms with Gasteiger partial charge in [0.05, 0.1) is 0 Å². The normalized spacial score (nSPS) is 14.2. The first-order valence-corrected chi connectivity index (χ1v) is 10.1. The number of nitrogens with two attached hydrogens (primary N) is 1. The highest BCUT2D eigenvalue weighted by Gasteiger charge is 2.30. The highest BCUT2D eigenvalue weighted by molar-refractivity contribution is 5.94. The van der Waals surface area contributed by atoms with Crippen LogP contribution in [0, 0.1) is 5.92 Å². The Bertz CT molecular complexity index is 762. The van der Waals surface area contributed by atoms with E-state index in [9.17, 15) is 9.59 Å². The summed E-state index contributed by atoms with van der Waals surface area (Å²) in [6, 6.07) is 19.4. The van der Waals surface area contributed by atoms with Crippen molar-refractivity contribution in [1.82, 2.24) is 9.80 Å². The zero-order valence-corrected chi connectivity index (χ0v) is 17.5. The van der Waals surface area contributed by atoms with Gasteiger partial charge in [-0.15, -0.1) is 12.4 Å². The van der Waals surface area contributed by atoms with Gasteiger partial charge >= 0.3 is 0 Å². The number of hydrogen-bond donors (Lipinski definition) is 1. The molecule has 5 nitrogen and oxygen atoms in total. The molecule has 2 aromatic carbocycles. The van der Waals surface area contributed by atoms with E-state index in [1.54, 1.807) is 0 Å². The highest BCUT2D eigenvalue weighted by Crippen LogP contribution is 2.22. The quantitative estimate of drug-likeness (QED) is 0.754. The van der Waals surface area contributed by atoms with Crippen LogP contribution >= 0.6 is 12.4 Å². The predicted molar refractivity (Wildman–Crippen MR) is 118 cm³/mol. The van der Waals surface area contributed by atoms with Crippen LogP contribution in [0.5, 0.6) is 0 Å². The van der Waals surface area contributed by atoms with Crippen LogP contribution in [0.3, 0.4) is 0 Å². The molecule has 0 spiro atoms. The van der Waals surface area contributed by atoms with E-state index in [0.717, 1.165) is 12.0 Å². The third-order valence-corrected chi connectivity index (χ3v) is 5.31. The van der Waals surface area contributed by atoms with Gasteiger partial charge in [0, 0.05) is 37.7 Å². The Morgan fingerprint density at radius 1 is 0.966 bits per heavy atom. The van der Waals surface area contributed by atoms with Gasteiger partial charge in [-0.3, -0.25) is 9.59 Å². The third kappa shape index (κ3) is 6.31. The molecule has 1 aliphatic heterocycles.